The molecule has 1 aromatic heterocycles. The predicted octanol–water partition coefficient (Wildman–Crippen LogP) is -0.255. The summed E-state index contributed by atoms with van der Waals surface area (Å²) in [7, 11) is 1.28. The van der Waals surface area contributed by atoms with E-state index in [0.29, 0.717) is 13.0 Å². The minimum Gasteiger partial charge on any atom is -0.477 e. The van der Waals surface area contributed by atoms with E-state index in [-0.39, 0.29) is 18.1 Å². The highest BCUT2D eigenvalue weighted by Crippen LogP contribution is 2.19. The Morgan fingerprint density at radius 2 is 2.25 bits per heavy atom. The third-order valence-electron chi connectivity index (χ3n) is 3.27. The number of carbonyl (C=O) groups excluding carboxylic acids is 2. The molecule has 0 bridgehead atoms. The molecular formula is C12H15N3O5. The molecule has 108 valence electrons. The van der Waals surface area contributed by atoms with Gasteiger partial charge >= 0.3 is 11.9 Å². The van der Waals surface area contributed by atoms with Crippen molar-refractivity contribution in [3.8, 4) is 0 Å². The van der Waals surface area contributed by atoms with Crippen LogP contribution in [0.15, 0.2) is 12.3 Å². The molecule has 1 amide bonds. The van der Waals surface area contributed by atoms with E-state index in [1.54, 1.807) is 0 Å². The Labute approximate surface area is 114 Å². The molecule has 1 saturated heterocycles. The molecule has 0 spiro atoms. The van der Waals surface area contributed by atoms with Crippen LogP contribution in [-0.2, 0) is 20.9 Å². The van der Waals surface area contributed by atoms with Crippen LogP contribution >= 0.6 is 0 Å². The van der Waals surface area contributed by atoms with Crippen molar-refractivity contribution in [1.29, 1.82) is 0 Å². The van der Waals surface area contributed by atoms with Crippen molar-refractivity contribution in [2.45, 2.75) is 25.4 Å². The van der Waals surface area contributed by atoms with Crippen LogP contribution in [0.25, 0.3) is 0 Å². The van der Waals surface area contributed by atoms with Gasteiger partial charge in [-0.05, 0) is 18.9 Å². The van der Waals surface area contributed by atoms with Gasteiger partial charge in [-0.15, -0.1) is 0 Å². The maximum absolute atomic E-state index is 12.2. The van der Waals surface area contributed by atoms with Gasteiger partial charge in [-0.3, -0.25) is 4.79 Å². The van der Waals surface area contributed by atoms with E-state index in [2.05, 4.69) is 9.84 Å². The highest BCUT2D eigenvalue weighted by Gasteiger charge is 2.35. The van der Waals surface area contributed by atoms with Crippen molar-refractivity contribution in [2.75, 3.05) is 13.7 Å². The second kappa shape index (κ2) is 5.72. The molecule has 1 N–H and O–H groups in total. The fourth-order valence-electron chi connectivity index (χ4n) is 2.31. The molecule has 1 unspecified atom stereocenters. The monoisotopic (exact) mass is 281 g/mol. The number of hydrogen-bond donors (Lipinski definition) is 1. The maximum atomic E-state index is 12.2. The zero-order chi connectivity index (χ0) is 14.7. The van der Waals surface area contributed by atoms with Crippen molar-refractivity contribution < 1.29 is 24.2 Å². The zero-order valence-corrected chi connectivity index (χ0v) is 11.0. The fourth-order valence-corrected chi connectivity index (χ4v) is 2.31. The van der Waals surface area contributed by atoms with Gasteiger partial charge < -0.3 is 14.7 Å². The summed E-state index contributed by atoms with van der Waals surface area (Å²) in [6, 6.07) is 0.730. The van der Waals surface area contributed by atoms with Gasteiger partial charge in [-0.1, -0.05) is 0 Å². The third-order valence-corrected chi connectivity index (χ3v) is 3.27. The largest absolute Gasteiger partial charge is 0.477 e. The Kier molecular flexibility index (Phi) is 4.02. The van der Waals surface area contributed by atoms with E-state index in [9.17, 15) is 14.4 Å². The molecule has 1 atom stereocenters. The van der Waals surface area contributed by atoms with Crippen LogP contribution in [0.1, 0.15) is 23.3 Å². The standard InChI is InChI=1S/C12H15N3O5/c1-20-12(19)9-3-2-6-14(9)10(16)7-15-8(11(17)18)4-5-13-15/h4-5,9H,2-3,6-7H2,1H3,(H,17,18). The van der Waals surface area contributed by atoms with Crippen LogP contribution in [0.5, 0.6) is 0 Å². The average Bonchev–Trinajstić information content (AvgIpc) is 3.05. The molecule has 2 heterocycles. The first-order valence-corrected chi connectivity index (χ1v) is 6.17. The normalized spacial score (nSPS) is 18.1. The summed E-state index contributed by atoms with van der Waals surface area (Å²) in [6.07, 6.45) is 2.60. The lowest BCUT2D eigenvalue weighted by atomic mass is 10.2. The topological polar surface area (TPSA) is 102 Å². The van der Waals surface area contributed by atoms with Gasteiger partial charge in [0.2, 0.25) is 5.91 Å². The van der Waals surface area contributed by atoms with Gasteiger partial charge in [0, 0.05) is 12.7 Å². The molecule has 0 radical (unpaired) electrons. The van der Waals surface area contributed by atoms with Gasteiger partial charge in [0.15, 0.2) is 0 Å². The van der Waals surface area contributed by atoms with Crippen LogP contribution in [0, 0.1) is 0 Å². The van der Waals surface area contributed by atoms with E-state index in [1.807, 2.05) is 0 Å². The highest BCUT2D eigenvalue weighted by atomic mass is 16.5. The number of methoxy groups -OCH3 is 1. The third kappa shape index (κ3) is 2.63. The van der Waals surface area contributed by atoms with E-state index in [0.717, 1.165) is 11.1 Å². The Hall–Kier alpha value is -2.38. The minimum absolute atomic E-state index is 0.0628. The highest BCUT2D eigenvalue weighted by molar-refractivity contribution is 5.88. The van der Waals surface area contributed by atoms with Gasteiger partial charge in [-0.2, -0.15) is 5.10 Å². The molecule has 1 aliphatic heterocycles. The van der Waals surface area contributed by atoms with Crippen LogP contribution in [0.3, 0.4) is 0 Å². The molecule has 0 saturated carbocycles. The van der Waals surface area contributed by atoms with Crippen LogP contribution in [0.2, 0.25) is 0 Å². The van der Waals surface area contributed by atoms with E-state index >= 15 is 0 Å². The summed E-state index contributed by atoms with van der Waals surface area (Å²) in [6.45, 7) is 0.254. The number of carboxylic acids is 1. The second-order valence-electron chi connectivity index (χ2n) is 4.45. The number of nitrogens with zero attached hydrogens (tertiary/aromatic N) is 3. The lowest BCUT2D eigenvalue weighted by Gasteiger charge is -2.22. The molecule has 1 aromatic rings. The number of rotatable bonds is 4. The minimum atomic E-state index is -1.15. The average molecular weight is 281 g/mol. The summed E-state index contributed by atoms with van der Waals surface area (Å²) in [5, 5.41) is 12.8. The summed E-state index contributed by atoms with van der Waals surface area (Å²) in [5.74, 6) is -1.94. The number of amides is 1. The maximum Gasteiger partial charge on any atom is 0.354 e. The number of aromatic nitrogens is 2. The molecule has 1 aliphatic rings. The molecule has 8 heteroatoms. The molecule has 0 aromatic carbocycles. The van der Waals surface area contributed by atoms with Crippen molar-refractivity contribution in [3.63, 3.8) is 0 Å². The molecule has 0 aliphatic carbocycles. The summed E-state index contributed by atoms with van der Waals surface area (Å²) < 4.78 is 5.77. The number of aromatic carboxylic acids is 1. The molecule has 8 nitrogen and oxygen atoms in total. The fraction of sp³-hybridized carbons (Fsp3) is 0.500. The van der Waals surface area contributed by atoms with E-state index < -0.39 is 18.0 Å². The lowest BCUT2D eigenvalue weighted by molar-refractivity contribution is -0.151. The number of carbonyl (C=O) groups is 3. The molecular weight excluding hydrogens is 266 g/mol. The van der Waals surface area contributed by atoms with Gasteiger partial charge in [-0.25, -0.2) is 14.3 Å². The quantitative estimate of drug-likeness (QED) is 0.763. The summed E-state index contributed by atoms with van der Waals surface area (Å²) in [4.78, 5) is 36.1. The Morgan fingerprint density at radius 1 is 1.50 bits per heavy atom. The number of likely N-dealkylation sites (tertiary alicyclic amines) is 1. The van der Waals surface area contributed by atoms with Crippen molar-refractivity contribution in [3.05, 3.63) is 18.0 Å². The predicted molar refractivity (Wildman–Crippen MR) is 65.9 cm³/mol. The van der Waals surface area contributed by atoms with Crippen LogP contribution in [-0.4, -0.2) is 57.3 Å². The summed E-state index contributed by atoms with van der Waals surface area (Å²) in [5.41, 5.74) is -0.0628. The molecule has 2 rings (SSSR count). The smallest absolute Gasteiger partial charge is 0.354 e. The number of hydrogen-bond acceptors (Lipinski definition) is 5. The van der Waals surface area contributed by atoms with Crippen LogP contribution in [0.4, 0.5) is 0 Å². The number of carboxylic acid groups (broad SMARTS) is 1. The van der Waals surface area contributed by atoms with Crippen molar-refractivity contribution >= 4 is 17.8 Å². The number of ether oxygens (including phenoxy) is 1. The van der Waals surface area contributed by atoms with Gasteiger partial charge in [0.25, 0.3) is 0 Å². The Balaban J connectivity index is 2.10. The van der Waals surface area contributed by atoms with Gasteiger partial charge in [0.1, 0.15) is 18.3 Å². The number of esters is 1. The molecule has 1 fully saturated rings. The molecule has 20 heavy (non-hydrogen) atoms. The first-order valence-electron chi connectivity index (χ1n) is 6.17. The van der Waals surface area contributed by atoms with E-state index in [1.165, 1.54) is 24.3 Å². The second-order valence-corrected chi connectivity index (χ2v) is 4.45. The summed E-state index contributed by atoms with van der Waals surface area (Å²) >= 11 is 0. The van der Waals surface area contributed by atoms with Gasteiger partial charge in [0.05, 0.1) is 7.11 Å². The van der Waals surface area contributed by atoms with Crippen molar-refractivity contribution in [1.82, 2.24) is 14.7 Å². The Bertz CT molecular complexity index is 539. The first kappa shape index (κ1) is 14.0. The first-order chi connectivity index (χ1) is 9.54. The van der Waals surface area contributed by atoms with Crippen LogP contribution < -0.4 is 0 Å². The van der Waals surface area contributed by atoms with E-state index in [4.69, 9.17) is 5.11 Å². The Morgan fingerprint density at radius 3 is 2.90 bits per heavy atom. The lowest BCUT2D eigenvalue weighted by Crippen LogP contribution is -2.43. The zero-order valence-electron chi connectivity index (χ0n) is 11.0. The van der Waals surface area contributed by atoms with Crippen molar-refractivity contribution in [2.24, 2.45) is 0 Å². The SMILES string of the molecule is COC(=O)C1CCCN1C(=O)Cn1nccc1C(=O)O.